The normalized spacial score (nSPS) is 28.3. The van der Waals surface area contributed by atoms with E-state index in [0.29, 0.717) is 24.6 Å². The first-order valence-electron chi connectivity index (χ1n) is 12.2. The molecule has 8 heteroatoms. The van der Waals surface area contributed by atoms with Gasteiger partial charge in [0.1, 0.15) is 11.4 Å². The average molecular weight is 455 g/mol. The van der Waals surface area contributed by atoms with Crippen LogP contribution >= 0.6 is 0 Å². The van der Waals surface area contributed by atoms with Gasteiger partial charge in [-0.15, -0.1) is 0 Å². The molecular formula is C25H38N6O2. The summed E-state index contributed by atoms with van der Waals surface area (Å²) < 4.78 is 0. The van der Waals surface area contributed by atoms with Crippen molar-refractivity contribution in [3.05, 3.63) is 34.8 Å². The van der Waals surface area contributed by atoms with E-state index >= 15 is 0 Å². The van der Waals surface area contributed by atoms with E-state index in [9.17, 15) is 9.90 Å². The zero-order chi connectivity index (χ0) is 23.4. The maximum absolute atomic E-state index is 12.8. The summed E-state index contributed by atoms with van der Waals surface area (Å²) in [7, 11) is 0. The third kappa shape index (κ3) is 5.06. The van der Waals surface area contributed by atoms with Crippen LogP contribution in [-0.4, -0.2) is 66.9 Å². The molecule has 0 spiro atoms. The van der Waals surface area contributed by atoms with E-state index in [0.717, 1.165) is 56.7 Å². The van der Waals surface area contributed by atoms with Crippen molar-refractivity contribution < 1.29 is 9.90 Å². The van der Waals surface area contributed by atoms with Crippen LogP contribution in [0, 0.1) is 11.3 Å². The summed E-state index contributed by atoms with van der Waals surface area (Å²) in [4.78, 5) is 24.6. The van der Waals surface area contributed by atoms with Gasteiger partial charge in [0.2, 0.25) is 0 Å². The summed E-state index contributed by atoms with van der Waals surface area (Å²) in [6.45, 7) is 9.62. The zero-order valence-electron chi connectivity index (χ0n) is 20.2. The molecule has 2 fully saturated rings. The molecule has 33 heavy (non-hydrogen) atoms. The van der Waals surface area contributed by atoms with Crippen molar-refractivity contribution in [1.82, 2.24) is 20.9 Å². The van der Waals surface area contributed by atoms with Crippen molar-refractivity contribution in [3.63, 3.8) is 0 Å². The van der Waals surface area contributed by atoms with E-state index in [4.69, 9.17) is 9.98 Å². The SMILES string of the molecule is CC(=NC1=C(C)NC=NC1N1CC(C)(CCO)C2=CCCC=C21)C(=O)NCC1CCNCC1. The molecule has 4 N–H and O–H groups in total. The number of nitrogens with zero attached hydrogens (tertiary/aromatic N) is 3. The van der Waals surface area contributed by atoms with Gasteiger partial charge in [-0.2, -0.15) is 0 Å². The number of rotatable bonds is 7. The van der Waals surface area contributed by atoms with Gasteiger partial charge in [0, 0.05) is 36.5 Å². The van der Waals surface area contributed by atoms with E-state index in [2.05, 4.69) is 39.9 Å². The van der Waals surface area contributed by atoms with Crippen LogP contribution in [0.3, 0.4) is 0 Å². The average Bonchev–Trinajstić information content (AvgIpc) is 3.12. The molecule has 2 saturated heterocycles. The Kier molecular flexibility index (Phi) is 7.34. The number of nitrogens with one attached hydrogen (secondary N) is 3. The van der Waals surface area contributed by atoms with Crippen LogP contribution in [0.15, 0.2) is 44.8 Å². The number of carbonyl (C=O) groups excluding carboxylic acids is 1. The highest BCUT2D eigenvalue weighted by Crippen LogP contribution is 2.48. The lowest BCUT2D eigenvalue weighted by molar-refractivity contribution is -0.115. The predicted octanol–water partition coefficient (Wildman–Crippen LogP) is 2.06. The fourth-order valence-electron chi connectivity index (χ4n) is 5.31. The lowest BCUT2D eigenvalue weighted by Gasteiger charge is -2.32. The standard InChI is InChI=1S/C25H38N6O2/c1-17-22(30-18(2)24(33)27-14-19-8-11-26-12-9-19)23(29-16-28-17)31-15-25(3,10-13-32)20-6-4-5-7-21(20)31/h6-7,16,19,23,26,32H,4-5,8-15H2,1-3H3,(H,27,33)(H,28,29). The molecule has 0 bridgehead atoms. The molecule has 0 saturated carbocycles. The van der Waals surface area contributed by atoms with E-state index in [1.54, 1.807) is 13.3 Å². The quantitative estimate of drug-likeness (QED) is 0.441. The van der Waals surface area contributed by atoms with Crippen molar-refractivity contribution in [3.8, 4) is 0 Å². The first-order chi connectivity index (χ1) is 15.9. The summed E-state index contributed by atoms with van der Waals surface area (Å²) in [5.74, 6) is 0.404. The lowest BCUT2D eigenvalue weighted by atomic mass is 9.79. The van der Waals surface area contributed by atoms with Gasteiger partial charge in [-0.25, -0.2) is 9.98 Å². The number of likely N-dealkylation sites (tertiary alicyclic amines) is 1. The van der Waals surface area contributed by atoms with Crippen LogP contribution in [0.4, 0.5) is 0 Å². The highest BCUT2D eigenvalue weighted by atomic mass is 16.3. The Morgan fingerprint density at radius 2 is 2.09 bits per heavy atom. The Morgan fingerprint density at radius 1 is 1.33 bits per heavy atom. The molecule has 180 valence electrons. The van der Waals surface area contributed by atoms with Gasteiger partial charge in [-0.3, -0.25) is 4.79 Å². The van der Waals surface area contributed by atoms with Crippen molar-refractivity contribution >= 4 is 18.0 Å². The monoisotopic (exact) mass is 454 g/mol. The first-order valence-corrected chi connectivity index (χ1v) is 12.2. The molecule has 2 unspecified atom stereocenters. The molecule has 4 aliphatic rings. The fourth-order valence-corrected chi connectivity index (χ4v) is 5.31. The minimum Gasteiger partial charge on any atom is -0.396 e. The molecule has 3 heterocycles. The van der Waals surface area contributed by atoms with Gasteiger partial charge in [-0.1, -0.05) is 19.1 Å². The molecule has 0 aromatic heterocycles. The van der Waals surface area contributed by atoms with Crippen LogP contribution in [0.1, 0.15) is 52.9 Å². The Labute approximate surface area is 197 Å². The van der Waals surface area contributed by atoms with Crippen LogP contribution in [-0.2, 0) is 4.79 Å². The predicted molar refractivity (Wildman–Crippen MR) is 132 cm³/mol. The number of aliphatic imine (C=N–C) groups is 2. The van der Waals surface area contributed by atoms with Crippen molar-refractivity contribution in [1.29, 1.82) is 0 Å². The maximum atomic E-state index is 12.8. The molecule has 2 atom stereocenters. The lowest BCUT2D eigenvalue weighted by Crippen LogP contribution is -2.40. The van der Waals surface area contributed by atoms with Crippen molar-refractivity contribution in [2.45, 2.75) is 59.0 Å². The van der Waals surface area contributed by atoms with Crippen molar-refractivity contribution in [2.24, 2.45) is 21.3 Å². The minimum atomic E-state index is -0.299. The largest absolute Gasteiger partial charge is 0.396 e. The van der Waals surface area contributed by atoms with Crippen molar-refractivity contribution in [2.75, 3.05) is 32.8 Å². The van der Waals surface area contributed by atoms with Gasteiger partial charge >= 0.3 is 0 Å². The highest BCUT2D eigenvalue weighted by Gasteiger charge is 2.45. The van der Waals surface area contributed by atoms with E-state index < -0.39 is 0 Å². The molecule has 0 aromatic carbocycles. The van der Waals surface area contributed by atoms with Crippen LogP contribution in [0.5, 0.6) is 0 Å². The van der Waals surface area contributed by atoms with Gasteiger partial charge in [0.15, 0.2) is 6.17 Å². The molecule has 0 radical (unpaired) electrons. The molecule has 1 amide bonds. The van der Waals surface area contributed by atoms with Crippen LogP contribution in [0.2, 0.25) is 0 Å². The zero-order valence-corrected chi connectivity index (χ0v) is 20.2. The molecule has 3 aliphatic heterocycles. The maximum Gasteiger partial charge on any atom is 0.265 e. The van der Waals surface area contributed by atoms with Gasteiger partial charge in [-0.05, 0) is 70.5 Å². The molecule has 0 aromatic rings. The van der Waals surface area contributed by atoms with E-state index in [-0.39, 0.29) is 24.1 Å². The third-order valence-corrected chi connectivity index (χ3v) is 7.32. The minimum absolute atomic E-state index is 0.119. The Hall–Kier alpha value is -2.45. The summed E-state index contributed by atoms with van der Waals surface area (Å²) in [6.07, 6.45) is 10.9. The topological polar surface area (TPSA) is 101 Å². The number of hydrogen-bond acceptors (Lipinski definition) is 7. The number of hydrogen-bond donors (Lipinski definition) is 4. The smallest absolute Gasteiger partial charge is 0.265 e. The van der Waals surface area contributed by atoms with Gasteiger partial charge in [0.05, 0.1) is 6.34 Å². The summed E-state index contributed by atoms with van der Waals surface area (Å²) in [6, 6.07) is 0. The number of carbonyl (C=O) groups is 1. The number of allylic oxidation sites excluding steroid dienone is 4. The van der Waals surface area contributed by atoms with Crippen LogP contribution in [0.25, 0.3) is 0 Å². The Balaban J connectivity index is 1.53. The molecule has 4 rings (SSSR count). The third-order valence-electron chi connectivity index (χ3n) is 7.32. The summed E-state index contributed by atoms with van der Waals surface area (Å²) >= 11 is 0. The summed E-state index contributed by atoms with van der Waals surface area (Å²) in [5.41, 5.74) is 4.49. The summed E-state index contributed by atoms with van der Waals surface area (Å²) in [5, 5.41) is 19.3. The van der Waals surface area contributed by atoms with E-state index in [1.165, 1.54) is 11.3 Å². The number of amides is 1. The fraction of sp³-hybridized carbons (Fsp3) is 0.640. The highest BCUT2D eigenvalue weighted by molar-refractivity contribution is 6.38. The van der Waals surface area contributed by atoms with Gasteiger partial charge in [0.25, 0.3) is 5.91 Å². The number of aliphatic hydroxyl groups excluding tert-OH is 1. The van der Waals surface area contributed by atoms with Gasteiger partial charge < -0.3 is 26.0 Å². The number of aliphatic hydroxyl groups is 1. The van der Waals surface area contributed by atoms with E-state index in [1.807, 2.05) is 6.92 Å². The Morgan fingerprint density at radius 3 is 2.85 bits per heavy atom. The van der Waals surface area contributed by atoms with Crippen LogP contribution < -0.4 is 16.0 Å². The first kappa shape index (κ1) is 23.7. The Bertz CT molecular complexity index is 912. The molecule has 8 nitrogen and oxygen atoms in total. The second-order valence-corrected chi connectivity index (χ2v) is 9.85. The molecule has 1 aliphatic carbocycles. The number of piperidine rings is 1. The molecular weight excluding hydrogens is 416 g/mol. The number of fused-ring (bicyclic) bond motifs is 1. The second kappa shape index (κ2) is 10.2. The second-order valence-electron chi connectivity index (χ2n) is 9.85.